The Morgan fingerprint density at radius 1 is 1.36 bits per heavy atom. The molecule has 14 heavy (non-hydrogen) atoms. The maximum Gasteiger partial charge on any atom is 0.0910 e. The van der Waals surface area contributed by atoms with Crippen LogP contribution in [0.25, 0.3) is 0 Å². The molecule has 0 aromatic carbocycles. The summed E-state index contributed by atoms with van der Waals surface area (Å²) in [7, 11) is 1.68. The zero-order chi connectivity index (χ0) is 10.6. The van der Waals surface area contributed by atoms with Gasteiger partial charge in [-0.2, -0.15) is 0 Å². The zero-order valence-corrected chi connectivity index (χ0v) is 9.75. The Morgan fingerprint density at radius 2 is 1.93 bits per heavy atom. The number of hydrogen-bond donors (Lipinski definition) is 1. The minimum absolute atomic E-state index is 0.503. The van der Waals surface area contributed by atoms with E-state index >= 15 is 0 Å². The number of aliphatic hydroxyl groups is 1. The molecule has 0 bridgehead atoms. The summed E-state index contributed by atoms with van der Waals surface area (Å²) in [5.41, 5.74) is -0.536. The fourth-order valence-electron chi connectivity index (χ4n) is 2.29. The molecule has 0 heterocycles. The Balaban J connectivity index is 2.48. The maximum atomic E-state index is 10.5. The molecule has 1 N–H and O–H groups in total. The molecule has 0 aromatic rings. The van der Waals surface area contributed by atoms with E-state index in [2.05, 4.69) is 13.8 Å². The summed E-state index contributed by atoms with van der Waals surface area (Å²) in [5, 5.41) is 10.5. The lowest BCUT2D eigenvalue weighted by Gasteiger charge is -2.31. The van der Waals surface area contributed by atoms with Crippen molar-refractivity contribution in [2.24, 2.45) is 11.8 Å². The van der Waals surface area contributed by atoms with Gasteiger partial charge in [-0.25, -0.2) is 0 Å². The normalized spacial score (nSPS) is 21.2. The van der Waals surface area contributed by atoms with Crippen molar-refractivity contribution in [2.45, 2.75) is 51.6 Å². The van der Waals surface area contributed by atoms with Gasteiger partial charge in [-0.15, -0.1) is 0 Å². The molecule has 1 rings (SSSR count). The monoisotopic (exact) mass is 200 g/mol. The first kappa shape index (κ1) is 12.0. The fraction of sp³-hybridized carbons (Fsp3) is 1.00. The van der Waals surface area contributed by atoms with Crippen LogP contribution in [0.4, 0.5) is 0 Å². The molecule has 0 amide bonds. The van der Waals surface area contributed by atoms with Crippen LogP contribution in [-0.4, -0.2) is 24.4 Å². The molecule has 1 atom stereocenters. The van der Waals surface area contributed by atoms with E-state index in [4.69, 9.17) is 4.74 Å². The topological polar surface area (TPSA) is 29.5 Å². The average Bonchev–Trinajstić information content (AvgIpc) is 2.98. The van der Waals surface area contributed by atoms with Gasteiger partial charge in [0, 0.05) is 7.11 Å². The Bertz CT molecular complexity index is 162. The molecule has 0 radical (unpaired) electrons. The van der Waals surface area contributed by atoms with E-state index in [-0.39, 0.29) is 0 Å². The second kappa shape index (κ2) is 5.13. The average molecular weight is 200 g/mol. The Hall–Kier alpha value is -0.0800. The number of methoxy groups -OCH3 is 1. The van der Waals surface area contributed by atoms with Crippen LogP contribution in [-0.2, 0) is 4.74 Å². The van der Waals surface area contributed by atoms with Crippen molar-refractivity contribution in [3.05, 3.63) is 0 Å². The van der Waals surface area contributed by atoms with E-state index < -0.39 is 5.60 Å². The lowest BCUT2D eigenvalue weighted by atomic mass is 9.84. The minimum atomic E-state index is -0.536. The maximum absolute atomic E-state index is 10.5. The van der Waals surface area contributed by atoms with Crippen molar-refractivity contribution >= 4 is 0 Å². The van der Waals surface area contributed by atoms with Gasteiger partial charge in [0.1, 0.15) is 0 Å². The molecule has 1 unspecified atom stereocenters. The van der Waals surface area contributed by atoms with E-state index in [1.165, 1.54) is 12.8 Å². The first-order valence-electron chi connectivity index (χ1n) is 5.87. The summed E-state index contributed by atoms with van der Waals surface area (Å²) in [4.78, 5) is 0. The molecular formula is C12H24O2. The molecule has 1 aliphatic rings. The van der Waals surface area contributed by atoms with Gasteiger partial charge in [0.15, 0.2) is 0 Å². The van der Waals surface area contributed by atoms with Crippen molar-refractivity contribution in [3.63, 3.8) is 0 Å². The quantitative estimate of drug-likeness (QED) is 0.684. The molecule has 1 aliphatic carbocycles. The third-order valence-corrected chi connectivity index (χ3v) is 3.53. The molecule has 0 saturated heterocycles. The van der Waals surface area contributed by atoms with Crippen LogP contribution in [0.1, 0.15) is 46.0 Å². The van der Waals surface area contributed by atoms with E-state index in [9.17, 15) is 5.11 Å². The van der Waals surface area contributed by atoms with Gasteiger partial charge in [0.05, 0.1) is 12.2 Å². The van der Waals surface area contributed by atoms with Gasteiger partial charge < -0.3 is 9.84 Å². The largest absolute Gasteiger partial charge is 0.387 e. The lowest BCUT2D eigenvalue weighted by Crippen LogP contribution is -2.38. The summed E-state index contributed by atoms with van der Waals surface area (Å²) in [5.74, 6) is 1.15. The second-order valence-corrected chi connectivity index (χ2v) is 4.70. The van der Waals surface area contributed by atoms with Crippen molar-refractivity contribution < 1.29 is 9.84 Å². The van der Waals surface area contributed by atoms with Crippen molar-refractivity contribution in [1.29, 1.82) is 0 Å². The van der Waals surface area contributed by atoms with Crippen LogP contribution >= 0.6 is 0 Å². The van der Waals surface area contributed by atoms with Crippen LogP contribution < -0.4 is 0 Å². The van der Waals surface area contributed by atoms with E-state index in [0.29, 0.717) is 18.4 Å². The van der Waals surface area contributed by atoms with Gasteiger partial charge in [-0.3, -0.25) is 0 Å². The molecule has 0 aliphatic heterocycles. The highest BCUT2D eigenvalue weighted by molar-refractivity contribution is 4.95. The standard InChI is InChI=1S/C12H24O2/c1-4-10(5-2)8-12(13,9-14-3)11-6-7-11/h10-11,13H,4-9H2,1-3H3. The Labute approximate surface area is 87.7 Å². The second-order valence-electron chi connectivity index (χ2n) is 4.70. The summed E-state index contributed by atoms with van der Waals surface area (Å²) < 4.78 is 5.15. The summed E-state index contributed by atoms with van der Waals surface area (Å²) >= 11 is 0. The number of ether oxygens (including phenoxy) is 1. The summed E-state index contributed by atoms with van der Waals surface area (Å²) in [6.45, 7) is 4.91. The summed E-state index contributed by atoms with van der Waals surface area (Å²) in [6, 6.07) is 0. The molecule has 84 valence electrons. The SMILES string of the molecule is CCC(CC)CC(O)(COC)C1CC1. The van der Waals surface area contributed by atoms with Gasteiger partial charge in [-0.1, -0.05) is 26.7 Å². The van der Waals surface area contributed by atoms with Gasteiger partial charge in [0.2, 0.25) is 0 Å². The van der Waals surface area contributed by atoms with Gasteiger partial charge in [-0.05, 0) is 31.1 Å². The fourth-order valence-corrected chi connectivity index (χ4v) is 2.29. The third-order valence-electron chi connectivity index (χ3n) is 3.53. The van der Waals surface area contributed by atoms with Gasteiger partial charge in [0.25, 0.3) is 0 Å². The molecule has 2 nitrogen and oxygen atoms in total. The van der Waals surface area contributed by atoms with Crippen molar-refractivity contribution in [1.82, 2.24) is 0 Å². The highest BCUT2D eigenvalue weighted by Gasteiger charge is 2.44. The molecule has 2 heteroatoms. The Morgan fingerprint density at radius 3 is 2.29 bits per heavy atom. The van der Waals surface area contributed by atoms with E-state index in [1.807, 2.05) is 0 Å². The highest BCUT2D eigenvalue weighted by atomic mass is 16.5. The molecule has 1 fully saturated rings. The minimum Gasteiger partial charge on any atom is -0.387 e. The van der Waals surface area contributed by atoms with Crippen LogP contribution in [0.2, 0.25) is 0 Å². The molecule has 1 saturated carbocycles. The van der Waals surface area contributed by atoms with Crippen LogP contribution in [0.15, 0.2) is 0 Å². The van der Waals surface area contributed by atoms with Gasteiger partial charge >= 0.3 is 0 Å². The van der Waals surface area contributed by atoms with E-state index in [1.54, 1.807) is 7.11 Å². The van der Waals surface area contributed by atoms with Crippen molar-refractivity contribution in [2.75, 3.05) is 13.7 Å². The van der Waals surface area contributed by atoms with Crippen LogP contribution in [0.5, 0.6) is 0 Å². The summed E-state index contributed by atoms with van der Waals surface area (Å²) in [6.07, 6.45) is 5.60. The van der Waals surface area contributed by atoms with E-state index in [0.717, 1.165) is 19.3 Å². The smallest absolute Gasteiger partial charge is 0.0910 e. The lowest BCUT2D eigenvalue weighted by molar-refractivity contribution is -0.0646. The number of rotatable bonds is 7. The zero-order valence-electron chi connectivity index (χ0n) is 9.75. The Kier molecular flexibility index (Phi) is 4.39. The predicted octanol–water partition coefficient (Wildman–Crippen LogP) is 2.60. The molecule has 0 aromatic heterocycles. The predicted molar refractivity (Wildman–Crippen MR) is 58.2 cm³/mol. The van der Waals surface area contributed by atoms with Crippen LogP contribution in [0.3, 0.4) is 0 Å². The first-order chi connectivity index (χ1) is 6.66. The van der Waals surface area contributed by atoms with Crippen LogP contribution in [0, 0.1) is 11.8 Å². The third kappa shape index (κ3) is 2.96. The first-order valence-corrected chi connectivity index (χ1v) is 5.87. The van der Waals surface area contributed by atoms with Crippen molar-refractivity contribution in [3.8, 4) is 0 Å². The highest BCUT2D eigenvalue weighted by Crippen LogP contribution is 2.43. The molecule has 0 spiro atoms. The number of hydrogen-bond acceptors (Lipinski definition) is 2. The molecular weight excluding hydrogens is 176 g/mol.